The Balaban J connectivity index is 2.03. The molecule has 1 aromatic rings. The smallest absolute Gasteiger partial charge is 0.100 e. The summed E-state index contributed by atoms with van der Waals surface area (Å²) in [5, 5.41) is 10.9. The number of benzene rings is 1. The molecular formula is C13H18ClNO2S. The number of hydrogen-bond donors (Lipinski definition) is 1. The zero-order valence-electron chi connectivity index (χ0n) is 10.8. The summed E-state index contributed by atoms with van der Waals surface area (Å²) in [6.45, 7) is 6.49. The second kappa shape index (κ2) is 4.93. The van der Waals surface area contributed by atoms with Crippen LogP contribution >= 0.6 is 11.6 Å². The first-order valence-electron chi connectivity index (χ1n) is 5.93. The fraction of sp³-hybridized carbons (Fsp3) is 0.538. The number of halogens is 1. The molecule has 0 spiro atoms. The molecule has 5 heteroatoms. The number of rotatable bonds is 3. The lowest BCUT2D eigenvalue weighted by molar-refractivity contribution is 0.168. The first-order valence-corrected chi connectivity index (χ1v) is 7.41. The Labute approximate surface area is 115 Å². The van der Waals surface area contributed by atoms with Gasteiger partial charge in [0, 0.05) is 11.6 Å². The molecule has 0 aromatic heterocycles. The Bertz CT molecular complexity index is 455. The lowest BCUT2D eigenvalue weighted by atomic mass is 10.1. The molecule has 3 nitrogen and oxygen atoms in total. The maximum Gasteiger partial charge on any atom is 0.100 e. The van der Waals surface area contributed by atoms with E-state index in [2.05, 4.69) is 0 Å². The van der Waals surface area contributed by atoms with Gasteiger partial charge < -0.3 is 5.11 Å². The molecule has 0 bridgehead atoms. The van der Waals surface area contributed by atoms with Crippen LogP contribution in [0.4, 0.5) is 0 Å². The van der Waals surface area contributed by atoms with Gasteiger partial charge in [-0.2, -0.15) is 0 Å². The highest BCUT2D eigenvalue weighted by atomic mass is 35.5. The standard InChI is InChI=1S/C13H18ClNO2S/c1-13(2,3)18(17)15-8-11(15)12(16)9-4-6-10(14)7-5-9/h4-7,11-12,16H,8H2,1-3H3/t11-,12?,15?,18-/m1/s1. The molecule has 2 unspecified atom stereocenters. The van der Waals surface area contributed by atoms with E-state index in [-0.39, 0.29) is 10.8 Å². The predicted octanol–water partition coefficient (Wildman–Crippen LogP) is 2.52. The van der Waals surface area contributed by atoms with Crippen LogP contribution in [0.2, 0.25) is 5.02 Å². The van der Waals surface area contributed by atoms with E-state index in [0.717, 1.165) is 5.56 Å². The quantitative estimate of drug-likeness (QED) is 0.868. The average molecular weight is 288 g/mol. The average Bonchev–Trinajstić information content (AvgIpc) is 3.06. The van der Waals surface area contributed by atoms with Crippen LogP contribution in [0.5, 0.6) is 0 Å². The van der Waals surface area contributed by atoms with E-state index in [9.17, 15) is 9.32 Å². The molecule has 0 saturated carbocycles. The van der Waals surface area contributed by atoms with Crippen molar-refractivity contribution in [2.24, 2.45) is 0 Å². The summed E-state index contributed by atoms with van der Waals surface area (Å²) >= 11 is 5.81. The zero-order chi connectivity index (χ0) is 13.5. The summed E-state index contributed by atoms with van der Waals surface area (Å²) in [5.74, 6) is 0. The summed E-state index contributed by atoms with van der Waals surface area (Å²) < 4.78 is 13.7. The highest BCUT2D eigenvalue weighted by molar-refractivity contribution is 7.84. The molecule has 1 fully saturated rings. The summed E-state index contributed by atoms with van der Waals surface area (Å²) in [4.78, 5) is 0. The summed E-state index contributed by atoms with van der Waals surface area (Å²) in [6.07, 6.45) is -0.603. The van der Waals surface area contributed by atoms with Gasteiger partial charge >= 0.3 is 0 Å². The first kappa shape index (κ1) is 14.0. The molecule has 1 saturated heterocycles. The van der Waals surface area contributed by atoms with Crippen molar-refractivity contribution in [3.63, 3.8) is 0 Å². The van der Waals surface area contributed by atoms with E-state index in [1.807, 2.05) is 37.2 Å². The van der Waals surface area contributed by atoms with E-state index in [4.69, 9.17) is 11.6 Å². The van der Waals surface area contributed by atoms with Gasteiger partial charge in [-0.15, -0.1) is 0 Å². The molecule has 1 heterocycles. The summed E-state index contributed by atoms with van der Waals surface area (Å²) in [5.41, 5.74) is 0.817. The number of aliphatic hydroxyl groups is 1. The number of nitrogens with zero attached hydrogens (tertiary/aromatic N) is 1. The molecule has 1 N–H and O–H groups in total. The molecule has 1 aliphatic rings. The zero-order valence-corrected chi connectivity index (χ0v) is 12.3. The minimum Gasteiger partial charge on any atom is -0.387 e. The first-order chi connectivity index (χ1) is 8.30. The normalized spacial score (nSPS) is 26.7. The topological polar surface area (TPSA) is 40.3 Å². The SMILES string of the molecule is CC(C)(C)[S@@](=O)N1C[C@@H]1C(O)c1ccc(Cl)cc1. The molecule has 4 atom stereocenters. The third kappa shape index (κ3) is 2.94. The second-order valence-electron chi connectivity index (χ2n) is 5.52. The molecule has 0 radical (unpaired) electrons. The van der Waals surface area contributed by atoms with Gasteiger partial charge in [-0.25, -0.2) is 8.51 Å². The maximum atomic E-state index is 12.1. The molecule has 18 heavy (non-hydrogen) atoms. The van der Waals surface area contributed by atoms with Gasteiger partial charge in [0.25, 0.3) is 0 Å². The fourth-order valence-corrected chi connectivity index (χ4v) is 3.30. The monoisotopic (exact) mass is 287 g/mol. The van der Waals surface area contributed by atoms with Crippen molar-refractivity contribution in [2.75, 3.05) is 6.54 Å². The van der Waals surface area contributed by atoms with Crippen molar-refractivity contribution in [3.05, 3.63) is 34.9 Å². The minimum absolute atomic E-state index is 0.0498. The highest BCUT2D eigenvalue weighted by Crippen LogP contribution is 2.36. The van der Waals surface area contributed by atoms with Gasteiger partial charge in [-0.3, -0.25) is 0 Å². The lowest BCUT2D eigenvalue weighted by Crippen LogP contribution is -2.29. The van der Waals surface area contributed by atoms with E-state index >= 15 is 0 Å². The van der Waals surface area contributed by atoms with E-state index in [0.29, 0.717) is 11.6 Å². The Morgan fingerprint density at radius 1 is 1.39 bits per heavy atom. The van der Waals surface area contributed by atoms with Gasteiger partial charge in [0.15, 0.2) is 0 Å². The predicted molar refractivity (Wildman–Crippen MR) is 74.8 cm³/mol. The van der Waals surface area contributed by atoms with E-state index < -0.39 is 17.1 Å². The molecule has 0 aliphatic carbocycles. The van der Waals surface area contributed by atoms with Crippen LogP contribution in [-0.2, 0) is 11.0 Å². The molecule has 1 aliphatic heterocycles. The largest absolute Gasteiger partial charge is 0.387 e. The Morgan fingerprint density at radius 2 is 1.94 bits per heavy atom. The van der Waals surface area contributed by atoms with Crippen molar-refractivity contribution in [3.8, 4) is 0 Å². The third-order valence-corrected chi connectivity index (χ3v) is 5.06. The van der Waals surface area contributed by atoms with Crippen LogP contribution < -0.4 is 0 Å². The van der Waals surface area contributed by atoms with Crippen molar-refractivity contribution in [2.45, 2.75) is 37.7 Å². The molecule has 2 rings (SSSR count). The molecule has 100 valence electrons. The van der Waals surface area contributed by atoms with Crippen LogP contribution in [0.1, 0.15) is 32.4 Å². The van der Waals surface area contributed by atoms with Crippen molar-refractivity contribution in [1.82, 2.24) is 4.31 Å². The van der Waals surface area contributed by atoms with Gasteiger partial charge in [-0.1, -0.05) is 23.7 Å². The summed E-state index contributed by atoms with van der Waals surface area (Å²) in [7, 11) is -1.06. The van der Waals surface area contributed by atoms with Crippen LogP contribution in [-0.4, -0.2) is 31.0 Å². The Kier molecular flexibility index (Phi) is 3.83. The lowest BCUT2D eigenvalue weighted by Gasteiger charge is -2.19. The van der Waals surface area contributed by atoms with Gasteiger partial charge in [-0.05, 0) is 38.5 Å². The van der Waals surface area contributed by atoms with Crippen molar-refractivity contribution in [1.29, 1.82) is 0 Å². The van der Waals surface area contributed by atoms with Crippen molar-refractivity contribution < 1.29 is 9.32 Å². The van der Waals surface area contributed by atoms with Crippen molar-refractivity contribution >= 4 is 22.6 Å². The van der Waals surface area contributed by atoms with Crippen LogP contribution in [0.25, 0.3) is 0 Å². The fourth-order valence-electron chi connectivity index (χ4n) is 1.82. The Hall–Kier alpha value is -0.420. The Morgan fingerprint density at radius 3 is 2.44 bits per heavy atom. The van der Waals surface area contributed by atoms with Gasteiger partial charge in [0.05, 0.1) is 16.9 Å². The van der Waals surface area contributed by atoms with E-state index in [1.165, 1.54) is 0 Å². The highest BCUT2D eigenvalue weighted by Gasteiger charge is 2.47. The maximum absolute atomic E-state index is 12.1. The third-order valence-electron chi connectivity index (χ3n) is 2.92. The number of aliphatic hydroxyl groups excluding tert-OH is 1. The minimum atomic E-state index is -1.06. The van der Waals surface area contributed by atoms with Gasteiger partial charge in [0.1, 0.15) is 11.0 Å². The van der Waals surface area contributed by atoms with Crippen LogP contribution in [0.15, 0.2) is 24.3 Å². The number of hydrogen-bond acceptors (Lipinski definition) is 2. The second-order valence-corrected chi connectivity index (χ2v) is 8.15. The van der Waals surface area contributed by atoms with Gasteiger partial charge in [0.2, 0.25) is 0 Å². The molecule has 1 aromatic carbocycles. The van der Waals surface area contributed by atoms with Crippen LogP contribution in [0, 0.1) is 0 Å². The van der Waals surface area contributed by atoms with Crippen LogP contribution in [0.3, 0.4) is 0 Å². The summed E-state index contributed by atoms with van der Waals surface area (Å²) in [6, 6.07) is 7.08. The molecular weight excluding hydrogens is 270 g/mol. The van der Waals surface area contributed by atoms with E-state index in [1.54, 1.807) is 12.1 Å². The molecule has 0 amide bonds.